The first-order valence-corrected chi connectivity index (χ1v) is 6.64. The second-order valence-electron chi connectivity index (χ2n) is 5.24. The number of ketones is 1. The van der Waals surface area contributed by atoms with Crippen molar-refractivity contribution in [1.29, 1.82) is 0 Å². The molecule has 20 heavy (non-hydrogen) atoms. The van der Waals surface area contributed by atoms with E-state index in [1.807, 2.05) is 26.0 Å². The SMILES string of the molecule is CC(=O)C(=O)N1c2ccccc2C[C@H]1C(=O)NC(C)C. The summed E-state index contributed by atoms with van der Waals surface area (Å²) in [6.45, 7) is 4.94. The predicted octanol–water partition coefficient (Wildman–Crippen LogP) is 1.06. The molecule has 0 aliphatic carbocycles. The van der Waals surface area contributed by atoms with Crippen molar-refractivity contribution in [2.24, 2.45) is 0 Å². The van der Waals surface area contributed by atoms with Gasteiger partial charge in [-0.2, -0.15) is 0 Å². The van der Waals surface area contributed by atoms with Crippen LogP contribution >= 0.6 is 0 Å². The Kier molecular flexibility index (Phi) is 3.88. The molecule has 1 heterocycles. The van der Waals surface area contributed by atoms with Gasteiger partial charge in [-0.1, -0.05) is 18.2 Å². The summed E-state index contributed by atoms with van der Waals surface area (Å²) in [6.07, 6.45) is 0.438. The topological polar surface area (TPSA) is 66.5 Å². The van der Waals surface area contributed by atoms with Crippen molar-refractivity contribution in [2.45, 2.75) is 39.3 Å². The Hall–Kier alpha value is -2.17. The van der Waals surface area contributed by atoms with E-state index in [1.165, 1.54) is 11.8 Å². The van der Waals surface area contributed by atoms with Gasteiger partial charge in [0.25, 0.3) is 5.91 Å². The van der Waals surface area contributed by atoms with Crippen LogP contribution in [0.3, 0.4) is 0 Å². The van der Waals surface area contributed by atoms with Gasteiger partial charge in [0.05, 0.1) is 0 Å². The van der Waals surface area contributed by atoms with Gasteiger partial charge in [-0.25, -0.2) is 0 Å². The van der Waals surface area contributed by atoms with Crippen molar-refractivity contribution in [3.8, 4) is 0 Å². The molecule has 0 aromatic heterocycles. The minimum Gasteiger partial charge on any atom is -0.352 e. The first kappa shape index (κ1) is 14.2. The van der Waals surface area contributed by atoms with Crippen LogP contribution in [-0.2, 0) is 20.8 Å². The number of nitrogens with one attached hydrogen (secondary N) is 1. The first-order valence-electron chi connectivity index (χ1n) is 6.64. The van der Waals surface area contributed by atoms with Gasteiger partial charge in [0, 0.05) is 25.1 Å². The van der Waals surface area contributed by atoms with Crippen LogP contribution in [0.2, 0.25) is 0 Å². The third kappa shape index (κ3) is 2.57. The van der Waals surface area contributed by atoms with Gasteiger partial charge in [0.2, 0.25) is 11.7 Å². The number of Topliss-reactive ketones (excluding diaryl/α,β-unsaturated/α-hetero) is 1. The number of carbonyl (C=O) groups is 3. The zero-order chi connectivity index (χ0) is 14.9. The van der Waals surface area contributed by atoms with Gasteiger partial charge >= 0.3 is 0 Å². The average molecular weight is 274 g/mol. The fourth-order valence-electron chi connectivity index (χ4n) is 2.40. The van der Waals surface area contributed by atoms with Crippen molar-refractivity contribution in [2.75, 3.05) is 4.90 Å². The van der Waals surface area contributed by atoms with Crippen LogP contribution in [0.4, 0.5) is 5.69 Å². The summed E-state index contributed by atoms with van der Waals surface area (Å²) in [5, 5.41) is 2.80. The number of hydrogen-bond donors (Lipinski definition) is 1. The highest BCUT2D eigenvalue weighted by molar-refractivity contribution is 6.41. The third-order valence-electron chi connectivity index (χ3n) is 3.23. The molecule has 2 rings (SSSR count). The molecular formula is C15H18N2O3. The fourth-order valence-corrected chi connectivity index (χ4v) is 2.40. The monoisotopic (exact) mass is 274 g/mol. The number of amides is 2. The predicted molar refractivity (Wildman–Crippen MR) is 75.4 cm³/mol. The second-order valence-corrected chi connectivity index (χ2v) is 5.24. The summed E-state index contributed by atoms with van der Waals surface area (Å²) in [7, 11) is 0. The van der Waals surface area contributed by atoms with E-state index in [0.717, 1.165) is 5.56 Å². The summed E-state index contributed by atoms with van der Waals surface area (Å²) in [5.74, 6) is -1.44. The number of nitrogens with zero attached hydrogens (tertiary/aromatic N) is 1. The minimum atomic E-state index is -0.647. The highest BCUT2D eigenvalue weighted by Crippen LogP contribution is 2.32. The molecule has 0 saturated carbocycles. The molecule has 0 bridgehead atoms. The van der Waals surface area contributed by atoms with Gasteiger partial charge in [-0.05, 0) is 25.5 Å². The van der Waals surface area contributed by atoms with Gasteiger partial charge in [-0.15, -0.1) is 0 Å². The van der Waals surface area contributed by atoms with Crippen LogP contribution < -0.4 is 10.2 Å². The van der Waals surface area contributed by atoms with Crippen molar-refractivity contribution < 1.29 is 14.4 Å². The molecule has 1 aromatic rings. The van der Waals surface area contributed by atoms with E-state index in [-0.39, 0.29) is 11.9 Å². The van der Waals surface area contributed by atoms with E-state index in [1.54, 1.807) is 12.1 Å². The lowest BCUT2D eigenvalue weighted by Gasteiger charge is -2.24. The zero-order valence-corrected chi connectivity index (χ0v) is 11.8. The standard InChI is InChI=1S/C15H18N2O3/c1-9(2)16-14(19)13-8-11-6-4-5-7-12(11)17(13)15(20)10(3)18/h4-7,9,13H,8H2,1-3H3,(H,16,19)/t13-/m0/s1. The first-order chi connectivity index (χ1) is 9.41. The summed E-state index contributed by atoms with van der Waals surface area (Å²) in [6, 6.07) is 6.63. The normalized spacial score (nSPS) is 17.0. The molecule has 2 amide bonds. The fraction of sp³-hybridized carbons (Fsp3) is 0.400. The third-order valence-corrected chi connectivity index (χ3v) is 3.23. The number of rotatable bonds is 3. The van der Waals surface area contributed by atoms with Crippen molar-refractivity contribution in [3.63, 3.8) is 0 Å². The summed E-state index contributed by atoms with van der Waals surface area (Å²) in [4.78, 5) is 37.1. The maximum atomic E-state index is 12.2. The second kappa shape index (κ2) is 5.45. The molecule has 0 spiro atoms. The number of fused-ring (bicyclic) bond motifs is 1. The van der Waals surface area contributed by atoms with Crippen LogP contribution in [0.25, 0.3) is 0 Å². The maximum Gasteiger partial charge on any atom is 0.294 e. The number of para-hydroxylation sites is 1. The van der Waals surface area contributed by atoms with Crippen LogP contribution in [0.15, 0.2) is 24.3 Å². The van der Waals surface area contributed by atoms with E-state index in [2.05, 4.69) is 5.32 Å². The molecule has 1 aliphatic rings. The Morgan fingerprint density at radius 2 is 1.90 bits per heavy atom. The van der Waals surface area contributed by atoms with Gasteiger partial charge in [0.15, 0.2) is 0 Å². The van der Waals surface area contributed by atoms with E-state index in [9.17, 15) is 14.4 Å². The van der Waals surface area contributed by atoms with Crippen molar-refractivity contribution >= 4 is 23.3 Å². The maximum absolute atomic E-state index is 12.2. The van der Waals surface area contributed by atoms with E-state index >= 15 is 0 Å². The molecular weight excluding hydrogens is 256 g/mol. The minimum absolute atomic E-state index is 0.0134. The summed E-state index contributed by atoms with van der Waals surface area (Å²) < 4.78 is 0. The number of carbonyl (C=O) groups excluding carboxylic acids is 3. The lowest BCUT2D eigenvalue weighted by molar-refractivity contribution is -0.136. The molecule has 0 saturated heterocycles. The van der Waals surface area contributed by atoms with Crippen molar-refractivity contribution in [3.05, 3.63) is 29.8 Å². The van der Waals surface area contributed by atoms with Crippen molar-refractivity contribution in [1.82, 2.24) is 5.32 Å². The molecule has 1 atom stereocenters. The highest BCUT2D eigenvalue weighted by atomic mass is 16.2. The molecule has 0 radical (unpaired) electrons. The molecule has 1 N–H and O–H groups in total. The molecule has 5 nitrogen and oxygen atoms in total. The summed E-state index contributed by atoms with van der Waals surface area (Å²) in [5.41, 5.74) is 1.56. The Labute approximate surface area is 118 Å². The Balaban J connectivity index is 2.36. The molecule has 0 unspecified atom stereocenters. The average Bonchev–Trinajstić information content (AvgIpc) is 2.76. The Morgan fingerprint density at radius 1 is 1.25 bits per heavy atom. The Bertz CT molecular complexity index is 566. The molecule has 1 aliphatic heterocycles. The molecule has 5 heteroatoms. The van der Waals surface area contributed by atoms with E-state index in [4.69, 9.17) is 0 Å². The Morgan fingerprint density at radius 3 is 2.50 bits per heavy atom. The molecule has 1 aromatic carbocycles. The lowest BCUT2D eigenvalue weighted by Crippen LogP contribution is -2.51. The number of anilines is 1. The number of benzene rings is 1. The van der Waals surface area contributed by atoms with E-state index < -0.39 is 17.7 Å². The van der Waals surface area contributed by atoms with Crippen LogP contribution in [0.1, 0.15) is 26.3 Å². The summed E-state index contributed by atoms with van der Waals surface area (Å²) >= 11 is 0. The van der Waals surface area contributed by atoms with Crippen LogP contribution in [0.5, 0.6) is 0 Å². The molecule has 106 valence electrons. The number of hydrogen-bond acceptors (Lipinski definition) is 3. The van der Waals surface area contributed by atoms with Gasteiger partial charge in [-0.3, -0.25) is 19.3 Å². The van der Waals surface area contributed by atoms with E-state index in [0.29, 0.717) is 12.1 Å². The largest absolute Gasteiger partial charge is 0.352 e. The van der Waals surface area contributed by atoms with Crippen LogP contribution in [-0.4, -0.2) is 29.7 Å². The lowest BCUT2D eigenvalue weighted by atomic mass is 10.1. The van der Waals surface area contributed by atoms with Gasteiger partial charge < -0.3 is 5.32 Å². The zero-order valence-electron chi connectivity index (χ0n) is 11.8. The van der Waals surface area contributed by atoms with Crippen LogP contribution in [0, 0.1) is 0 Å². The van der Waals surface area contributed by atoms with Gasteiger partial charge in [0.1, 0.15) is 6.04 Å². The quantitative estimate of drug-likeness (QED) is 0.838. The molecule has 0 fully saturated rings. The smallest absolute Gasteiger partial charge is 0.294 e. The highest BCUT2D eigenvalue weighted by Gasteiger charge is 2.39.